The second-order valence-corrected chi connectivity index (χ2v) is 13.8. The average Bonchev–Trinajstić information content (AvgIpc) is 3.18. The van der Waals surface area contributed by atoms with Gasteiger partial charge in [-0.3, -0.25) is 9.69 Å². The van der Waals surface area contributed by atoms with E-state index in [0.717, 1.165) is 47.6 Å². The monoisotopic (exact) mass is 726 g/mol. The van der Waals surface area contributed by atoms with Crippen LogP contribution in [0.25, 0.3) is 6.08 Å². The smallest absolute Gasteiger partial charge is 0.246 e. The Labute approximate surface area is 316 Å². The molecule has 1 aliphatic rings. The van der Waals surface area contributed by atoms with Crippen LogP contribution >= 0.6 is 11.6 Å². The topological polar surface area (TPSA) is 87.9 Å². The Morgan fingerprint density at radius 1 is 0.849 bits per heavy atom. The first-order valence-electron chi connectivity index (χ1n) is 17.8. The third-order valence-corrected chi connectivity index (χ3v) is 9.50. The van der Waals surface area contributed by atoms with E-state index in [9.17, 15) is 4.79 Å². The maximum Gasteiger partial charge on any atom is 0.246 e. The molecule has 1 aliphatic heterocycles. The van der Waals surface area contributed by atoms with Gasteiger partial charge >= 0.3 is 0 Å². The summed E-state index contributed by atoms with van der Waals surface area (Å²) in [5, 5.41) is 9.43. The summed E-state index contributed by atoms with van der Waals surface area (Å²) in [7, 11) is 0. The van der Waals surface area contributed by atoms with Gasteiger partial charge in [0, 0.05) is 50.9 Å². The first kappa shape index (κ1) is 37.1. The first-order valence-corrected chi connectivity index (χ1v) is 18.2. The van der Waals surface area contributed by atoms with Crippen LogP contribution in [0.1, 0.15) is 58.7 Å². The standard InChI is InChI=1S/C44H43ClN4O4/c1-31(2)37-12-15-39(16-13-37)51-29-36-10-6-34(7-11-36)28-48-20-22-49(23-21-48)44(50)19-14-38-24-32(3)42(25-41(38)45)53-43-18-17-40(27-47-43)52-30-35-8-4-33(26-46)5-9-35/h4-19,24-25,27,31H,20-23,28-30H2,1-3H3/b19-14+. The molecule has 1 fully saturated rings. The molecule has 0 saturated carbocycles. The Kier molecular flexibility index (Phi) is 12.4. The van der Waals surface area contributed by atoms with E-state index in [1.54, 1.807) is 48.7 Å². The molecular formula is C44H43ClN4O4. The number of hydrogen-bond acceptors (Lipinski definition) is 7. The van der Waals surface area contributed by atoms with Crippen molar-refractivity contribution in [2.24, 2.45) is 0 Å². The minimum Gasteiger partial charge on any atom is -0.489 e. The van der Waals surface area contributed by atoms with E-state index in [2.05, 4.69) is 66.2 Å². The summed E-state index contributed by atoms with van der Waals surface area (Å²) < 4.78 is 17.8. The summed E-state index contributed by atoms with van der Waals surface area (Å²) in [6, 6.07) is 33.4. The van der Waals surface area contributed by atoms with Crippen molar-refractivity contribution in [2.45, 2.75) is 46.4 Å². The van der Waals surface area contributed by atoms with Crippen LogP contribution < -0.4 is 14.2 Å². The van der Waals surface area contributed by atoms with Crippen molar-refractivity contribution in [3.05, 3.63) is 153 Å². The molecule has 270 valence electrons. The van der Waals surface area contributed by atoms with Gasteiger partial charge in [-0.2, -0.15) is 5.26 Å². The minimum absolute atomic E-state index is 0.0346. The molecule has 2 heterocycles. The quantitative estimate of drug-likeness (QED) is 0.112. The zero-order valence-electron chi connectivity index (χ0n) is 30.3. The van der Waals surface area contributed by atoms with Crippen LogP contribution in [0.15, 0.2) is 109 Å². The number of aryl methyl sites for hydroxylation is 1. The Morgan fingerprint density at radius 2 is 1.47 bits per heavy atom. The number of rotatable bonds is 13. The number of amides is 1. The molecule has 9 heteroatoms. The fourth-order valence-corrected chi connectivity index (χ4v) is 6.11. The molecule has 5 aromatic rings. The molecule has 0 spiro atoms. The molecule has 4 aromatic carbocycles. The van der Waals surface area contributed by atoms with Crippen molar-refractivity contribution in [1.29, 1.82) is 5.26 Å². The molecule has 1 saturated heterocycles. The molecular weight excluding hydrogens is 684 g/mol. The van der Waals surface area contributed by atoms with Crippen LogP contribution in [-0.2, 0) is 24.6 Å². The molecule has 0 atom stereocenters. The number of hydrogen-bond donors (Lipinski definition) is 0. The SMILES string of the molecule is Cc1cc(/C=C/C(=O)N2CCN(Cc3ccc(COc4ccc(C(C)C)cc4)cc3)CC2)c(Cl)cc1Oc1ccc(OCc2ccc(C#N)cc2)cn1. The van der Waals surface area contributed by atoms with Crippen LogP contribution in [0.3, 0.4) is 0 Å². The molecule has 0 radical (unpaired) electrons. The van der Waals surface area contributed by atoms with Crippen molar-refractivity contribution in [3.63, 3.8) is 0 Å². The lowest BCUT2D eigenvalue weighted by Crippen LogP contribution is -2.47. The fraction of sp³-hybridized carbons (Fsp3) is 0.250. The van der Waals surface area contributed by atoms with Crippen LogP contribution in [0.5, 0.6) is 23.1 Å². The summed E-state index contributed by atoms with van der Waals surface area (Å²) >= 11 is 6.62. The van der Waals surface area contributed by atoms with E-state index in [1.807, 2.05) is 42.2 Å². The molecule has 0 bridgehead atoms. The second-order valence-electron chi connectivity index (χ2n) is 13.4. The highest BCUT2D eigenvalue weighted by Gasteiger charge is 2.20. The van der Waals surface area contributed by atoms with Crippen LogP contribution in [-0.4, -0.2) is 46.9 Å². The molecule has 0 unspecified atom stereocenters. The molecule has 0 N–H and O–H groups in total. The number of halogens is 1. The van der Waals surface area contributed by atoms with Crippen molar-refractivity contribution < 1.29 is 19.0 Å². The third kappa shape index (κ3) is 10.5. The van der Waals surface area contributed by atoms with Crippen molar-refractivity contribution >= 4 is 23.6 Å². The van der Waals surface area contributed by atoms with Gasteiger partial charge in [0.25, 0.3) is 0 Å². The van der Waals surface area contributed by atoms with Crippen molar-refractivity contribution in [1.82, 2.24) is 14.8 Å². The molecule has 8 nitrogen and oxygen atoms in total. The Bertz CT molecular complexity index is 2050. The molecule has 6 rings (SSSR count). The summed E-state index contributed by atoms with van der Waals surface area (Å²) in [4.78, 5) is 21.7. The number of pyridine rings is 1. The van der Waals surface area contributed by atoms with Crippen LogP contribution in [0.4, 0.5) is 0 Å². The van der Waals surface area contributed by atoms with Gasteiger partial charge in [0.05, 0.1) is 22.9 Å². The van der Waals surface area contributed by atoms with Gasteiger partial charge in [-0.05, 0) is 88.7 Å². The number of piperazine rings is 1. The molecule has 0 aliphatic carbocycles. The molecule has 1 amide bonds. The van der Waals surface area contributed by atoms with Gasteiger partial charge in [0.2, 0.25) is 11.8 Å². The van der Waals surface area contributed by atoms with Crippen molar-refractivity contribution in [3.8, 4) is 29.2 Å². The Balaban J connectivity index is 0.936. The third-order valence-electron chi connectivity index (χ3n) is 9.18. The first-order chi connectivity index (χ1) is 25.7. The van der Waals surface area contributed by atoms with E-state index >= 15 is 0 Å². The minimum atomic E-state index is -0.0346. The van der Waals surface area contributed by atoms with Gasteiger partial charge in [0.15, 0.2) is 0 Å². The van der Waals surface area contributed by atoms with Gasteiger partial charge < -0.3 is 19.1 Å². The average molecular weight is 727 g/mol. The van der Waals surface area contributed by atoms with Gasteiger partial charge in [-0.25, -0.2) is 4.98 Å². The van der Waals surface area contributed by atoms with Crippen LogP contribution in [0, 0.1) is 18.3 Å². The van der Waals surface area contributed by atoms with Crippen LogP contribution in [0.2, 0.25) is 5.02 Å². The molecule has 1 aromatic heterocycles. The number of nitrogens with zero attached hydrogens (tertiary/aromatic N) is 4. The van der Waals surface area contributed by atoms with Gasteiger partial charge in [-0.15, -0.1) is 0 Å². The van der Waals surface area contributed by atoms with E-state index in [4.69, 9.17) is 31.1 Å². The lowest BCUT2D eigenvalue weighted by atomic mass is 10.0. The number of nitriles is 1. The maximum absolute atomic E-state index is 13.1. The van der Waals surface area contributed by atoms with E-state index in [1.165, 1.54) is 11.1 Å². The zero-order chi connectivity index (χ0) is 37.2. The normalized spacial score (nSPS) is 13.2. The lowest BCUT2D eigenvalue weighted by Gasteiger charge is -2.34. The number of benzene rings is 4. The summed E-state index contributed by atoms with van der Waals surface area (Å²) in [5.41, 5.74) is 6.83. The number of carbonyl (C=O) groups is 1. The van der Waals surface area contributed by atoms with E-state index < -0.39 is 0 Å². The van der Waals surface area contributed by atoms with Gasteiger partial charge in [0.1, 0.15) is 30.5 Å². The predicted octanol–water partition coefficient (Wildman–Crippen LogP) is 9.35. The predicted molar refractivity (Wildman–Crippen MR) is 208 cm³/mol. The summed E-state index contributed by atoms with van der Waals surface area (Å²) in [6.45, 7) is 11.0. The van der Waals surface area contributed by atoms with E-state index in [0.29, 0.717) is 60.2 Å². The van der Waals surface area contributed by atoms with Gasteiger partial charge in [-0.1, -0.05) is 74.0 Å². The summed E-state index contributed by atoms with van der Waals surface area (Å²) in [5.74, 6) is 2.92. The lowest BCUT2D eigenvalue weighted by molar-refractivity contribution is -0.127. The highest BCUT2D eigenvalue weighted by Crippen LogP contribution is 2.31. The largest absolute Gasteiger partial charge is 0.489 e. The summed E-state index contributed by atoms with van der Waals surface area (Å²) in [6.07, 6.45) is 4.95. The zero-order valence-corrected chi connectivity index (χ0v) is 31.1. The molecule has 53 heavy (non-hydrogen) atoms. The number of aromatic nitrogens is 1. The Hall–Kier alpha value is -5.62. The van der Waals surface area contributed by atoms with Crippen molar-refractivity contribution in [2.75, 3.05) is 26.2 Å². The number of ether oxygens (including phenoxy) is 3. The Morgan fingerprint density at radius 3 is 2.09 bits per heavy atom. The highest BCUT2D eigenvalue weighted by atomic mass is 35.5. The highest BCUT2D eigenvalue weighted by molar-refractivity contribution is 6.32. The maximum atomic E-state index is 13.1. The fourth-order valence-electron chi connectivity index (χ4n) is 5.90. The number of carbonyl (C=O) groups excluding carboxylic acids is 1. The second kappa shape index (κ2) is 17.7. The van der Waals surface area contributed by atoms with E-state index in [-0.39, 0.29) is 5.91 Å².